The molecular weight excluding hydrogens is 384 g/mol. The first-order valence-electron chi connectivity index (χ1n) is 7.34. The van der Waals surface area contributed by atoms with Crippen molar-refractivity contribution in [1.82, 2.24) is 10.0 Å². The molecule has 0 unspecified atom stereocenters. The van der Waals surface area contributed by atoms with Gasteiger partial charge < -0.3 is 5.32 Å². The summed E-state index contributed by atoms with van der Waals surface area (Å²) in [5, 5.41) is 7.12. The third-order valence-corrected chi connectivity index (χ3v) is 6.64. The summed E-state index contributed by atoms with van der Waals surface area (Å²) in [6, 6.07) is 5.77. The van der Waals surface area contributed by atoms with Crippen LogP contribution in [-0.4, -0.2) is 39.4 Å². The zero-order valence-electron chi connectivity index (χ0n) is 13.3. The Kier molecular flexibility index (Phi) is 7.76. The van der Waals surface area contributed by atoms with Crippen LogP contribution in [0.5, 0.6) is 0 Å². The quantitative estimate of drug-likeness (QED) is 0.597. The highest BCUT2D eigenvalue weighted by atomic mass is 32.2. The summed E-state index contributed by atoms with van der Waals surface area (Å²) >= 11 is 4.89. The minimum Gasteiger partial charge on any atom is -0.351 e. The van der Waals surface area contributed by atoms with Gasteiger partial charge in [0.15, 0.2) is 0 Å². The highest BCUT2D eigenvalue weighted by Gasteiger charge is 2.09. The van der Waals surface area contributed by atoms with Crippen LogP contribution in [0.4, 0.5) is 0 Å². The van der Waals surface area contributed by atoms with Crippen LogP contribution in [0, 0.1) is 0 Å². The number of nitrogens with one attached hydrogen (secondary N) is 2. The molecule has 0 aliphatic carbocycles. The van der Waals surface area contributed by atoms with Gasteiger partial charge in [-0.1, -0.05) is 0 Å². The van der Waals surface area contributed by atoms with Crippen molar-refractivity contribution in [2.24, 2.45) is 0 Å². The Morgan fingerprint density at radius 3 is 2.79 bits per heavy atom. The van der Waals surface area contributed by atoms with Crippen molar-refractivity contribution in [3.63, 3.8) is 0 Å². The summed E-state index contributed by atoms with van der Waals surface area (Å²) < 4.78 is 24.5. The fraction of sp³-hybridized carbons (Fsp3) is 0.400. The molecule has 24 heavy (non-hydrogen) atoms. The van der Waals surface area contributed by atoms with Crippen molar-refractivity contribution in [2.75, 3.05) is 25.1 Å². The molecule has 9 heteroatoms. The van der Waals surface area contributed by atoms with Crippen LogP contribution in [0.1, 0.15) is 20.1 Å². The molecule has 2 N–H and O–H groups in total. The van der Waals surface area contributed by atoms with Gasteiger partial charge in [-0.15, -0.1) is 11.3 Å². The lowest BCUT2D eigenvalue weighted by molar-refractivity contribution is 0.0960. The molecule has 2 aromatic heterocycles. The highest BCUT2D eigenvalue weighted by Crippen LogP contribution is 2.17. The number of carbonyl (C=O) groups is 1. The van der Waals surface area contributed by atoms with Gasteiger partial charge in [-0.25, -0.2) is 13.1 Å². The lowest BCUT2D eigenvalue weighted by atomic mass is 10.3. The van der Waals surface area contributed by atoms with Gasteiger partial charge in [-0.05, 0) is 40.9 Å². The molecule has 0 fully saturated rings. The van der Waals surface area contributed by atoms with E-state index in [0.717, 1.165) is 22.6 Å². The molecule has 0 spiro atoms. The molecule has 0 radical (unpaired) electrons. The number of rotatable bonds is 10. The first-order chi connectivity index (χ1) is 11.4. The Bertz CT molecular complexity index is 739. The van der Waals surface area contributed by atoms with Gasteiger partial charge in [0.2, 0.25) is 10.0 Å². The van der Waals surface area contributed by atoms with Gasteiger partial charge in [0, 0.05) is 29.5 Å². The van der Waals surface area contributed by atoms with E-state index in [1.807, 2.05) is 6.07 Å². The van der Waals surface area contributed by atoms with Crippen molar-refractivity contribution in [1.29, 1.82) is 0 Å². The van der Waals surface area contributed by atoms with E-state index in [9.17, 15) is 13.2 Å². The lowest BCUT2D eigenvalue weighted by Gasteiger charge is -2.03. The van der Waals surface area contributed by atoms with E-state index in [0.29, 0.717) is 24.4 Å². The zero-order valence-corrected chi connectivity index (χ0v) is 16.5. The molecule has 132 valence electrons. The number of sulfonamides is 1. The van der Waals surface area contributed by atoms with Crippen molar-refractivity contribution in [2.45, 2.75) is 12.2 Å². The van der Waals surface area contributed by atoms with Crippen LogP contribution in [-0.2, 0) is 22.2 Å². The standard InChI is InChI=1S/C15H20N2O3S4/c1-24(19,20)17-6-4-13-2-3-14(23-13)15(18)16-7-9-22-11-12-5-8-21-10-12/h2-3,5,8,10,17H,4,6-7,9,11H2,1H3,(H,16,18). The topological polar surface area (TPSA) is 75.3 Å². The molecule has 0 aliphatic rings. The molecule has 0 saturated heterocycles. The molecule has 2 rings (SSSR count). The minimum atomic E-state index is -3.16. The molecule has 0 aromatic carbocycles. The largest absolute Gasteiger partial charge is 0.351 e. The molecule has 5 nitrogen and oxygen atoms in total. The van der Waals surface area contributed by atoms with Gasteiger partial charge >= 0.3 is 0 Å². The molecular formula is C15H20N2O3S4. The predicted molar refractivity (Wildman–Crippen MR) is 104 cm³/mol. The molecule has 0 atom stereocenters. The van der Waals surface area contributed by atoms with E-state index < -0.39 is 10.0 Å². The molecule has 0 aliphatic heterocycles. The van der Waals surface area contributed by atoms with E-state index in [1.165, 1.54) is 16.9 Å². The van der Waals surface area contributed by atoms with Gasteiger partial charge in [0.05, 0.1) is 11.1 Å². The van der Waals surface area contributed by atoms with Crippen LogP contribution in [0.2, 0.25) is 0 Å². The second kappa shape index (κ2) is 9.57. The zero-order chi connectivity index (χ0) is 17.4. The summed E-state index contributed by atoms with van der Waals surface area (Å²) in [4.78, 5) is 13.7. The Hall–Kier alpha value is -0.870. The summed E-state index contributed by atoms with van der Waals surface area (Å²) in [6.07, 6.45) is 1.72. The van der Waals surface area contributed by atoms with E-state index >= 15 is 0 Å². The van der Waals surface area contributed by atoms with Gasteiger partial charge in [-0.2, -0.15) is 23.1 Å². The maximum absolute atomic E-state index is 12.1. The average Bonchev–Trinajstić information content (AvgIpc) is 3.17. The number of hydrogen-bond donors (Lipinski definition) is 2. The summed E-state index contributed by atoms with van der Waals surface area (Å²) in [6.45, 7) is 0.982. The van der Waals surface area contributed by atoms with Gasteiger partial charge in [0.1, 0.15) is 0 Å². The number of carbonyl (C=O) groups excluding carboxylic acids is 1. The highest BCUT2D eigenvalue weighted by molar-refractivity contribution is 7.98. The smallest absolute Gasteiger partial charge is 0.261 e. The average molecular weight is 405 g/mol. The first kappa shape index (κ1) is 19.5. The van der Waals surface area contributed by atoms with E-state index in [2.05, 4.69) is 26.9 Å². The maximum atomic E-state index is 12.1. The Labute approximate surface area is 154 Å². The van der Waals surface area contributed by atoms with Crippen molar-refractivity contribution in [3.8, 4) is 0 Å². The first-order valence-corrected chi connectivity index (χ1v) is 12.1. The minimum absolute atomic E-state index is 0.0709. The van der Waals surface area contributed by atoms with Crippen molar-refractivity contribution < 1.29 is 13.2 Å². The molecule has 2 heterocycles. The number of amides is 1. The van der Waals surface area contributed by atoms with Crippen LogP contribution in [0.25, 0.3) is 0 Å². The van der Waals surface area contributed by atoms with Crippen LogP contribution in [0.3, 0.4) is 0 Å². The number of hydrogen-bond acceptors (Lipinski definition) is 6. The molecule has 0 bridgehead atoms. The second-order valence-corrected chi connectivity index (χ2v) is 10.0. The summed E-state index contributed by atoms with van der Waals surface area (Å²) in [5.41, 5.74) is 1.32. The lowest BCUT2D eigenvalue weighted by Crippen LogP contribution is -2.25. The van der Waals surface area contributed by atoms with Gasteiger partial charge in [-0.3, -0.25) is 4.79 Å². The molecule has 0 saturated carbocycles. The van der Waals surface area contributed by atoms with E-state index in [4.69, 9.17) is 0 Å². The SMILES string of the molecule is CS(=O)(=O)NCCc1ccc(C(=O)NCCSCc2ccsc2)s1. The van der Waals surface area contributed by atoms with Crippen LogP contribution >= 0.6 is 34.4 Å². The number of thioether (sulfide) groups is 1. The maximum Gasteiger partial charge on any atom is 0.261 e. The second-order valence-electron chi connectivity index (χ2n) is 5.12. The number of thiophene rings is 2. The Morgan fingerprint density at radius 2 is 2.08 bits per heavy atom. The molecule has 1 amide bonds. The van der Waals surface area contributed by atoms with Crippen molar-refractivity contribution in [3.05, 3.63) is 44.3 Å². The Balaban J connectivity index is 1.65. The van der Waals surface area contributed by atoms with Crippen LogP contribution < -0.4 is 10.0 Å². The van der Waals surface area contributed by atoms with Crippen LogP contribution in [0.15, 0.2) is 29.0 Å². The van der Waals surface area contributed by atoms with E-state index in [-0.39, 0.29) is 5.91 Å². The predicted octanol–water partition coefficient (Wildman–Crippen LogP) is 2.56. The third kappa shape index (κ3) is 7.35. The van der Waals surface area contributed by atoms with Crippen molar-refractivity contribution >= 4 is 50.4 Å². The fourth-order valence-corrected chi connectivity index (χ4v) is 4.86. The third-order valence-electron chi connectivity index (χ3n) is 3.00. The Morgan fingerprint density at radius 1 is 1.25 bits per heavy atom. The summed E-state index contributed by atoms with van der Waals surface area (Å²) in [5.74, 6) is 1.77. The summed E-state index contributed by atoms with van der Waals surface area (Å²) in [7, 11) is -3.16. The van der Waals surface area contributed by atoms with Gasteiger partial charge in [0.25, 0.3) is 5.91 Å². The fourth-order valence-electron chi connectivity index (χ4n) is 1.88. The normalized spacial score (nSPS) is 11.5. The monoisotopic (exact) mass is 404 g/mol. The molecule has 2 aromatic rings. The van der Waals surface area contributed by atoms with E-state index in [1.54, 1.807) is 29.2 Å².